The normalized spacial score (nSPS) is 54.1. The second-order valence-electron chi connectivity index (χ2n) is 15.0. The lowest BCUT2D eigenvalue weighted by Crippen LogP contribution is -2.67. The molecule has 0 aromatic rings. The van der Waals surface area contributed by atoms with Gasteiger partial charge in [-0.1, -0.05) is 53.2 Å². The van der Waals surface area contributed by atoms with Gasteiger partial charge < -0.3 is 15.3 Å². The number of hydrogen-bond acceptors (Lipinski definition) is 3. The zero-order valence-electron chi connectivity index (χ0n) is 22.4. The molecule has 4 fully saturated rings. The van der Waals surface area contributed by atoms with E-state index < -0.39 is 22.9 Å². The highest BCUT2D eigenvalue weighted by atomic mass is 16.4. The zero-order valence-corrected chi connectivity index (χ0v) is 22.4. The Bertz CT molecular complexity index is 907. The summed E-state index contributed by atoms with van der Waals surface area (Å²) in [5.74, 6) is 0.243. The minimum absolute atomic E-state index is 0.00146. The van der Waals surface area contributed by atoms with Gasteiger partial charge in [0, 0.05) is 5.41 Å². The van der Waals surface area contributed by atoms with Gasteiger partial charge in [0.05, 0.1) is 18.1 Å². The fourth-order valence-corrected chi connectivity index (χ4v) is 10.7. The second kappa shape index (κ2) is 7.34. The summed E-state index contributed by atoms with van der Waals surface area (Å²) in [5.41, 5.74) is 0.0886. The van der Waals surface area contributed by atoms with Crippen LogP contribution in [-0.4, -0.2) is 34.0 Å². The van der Waals surface area contributed by atoms with Crippen LogP contribution in [0.2, 0.25) is 0 Å². The Balaban J connectivity index is 1.64. The molecule has 5 rings (SSSR count). The summed E-state index contributed by atoms with van der Waals surface area (Å²) < 4.78 is 0. The predicted molar refractivity (Wildman–Crippen MR) is 134 cm³/mol. The van der Waals surface area contributed by atoms with Crippen LogP contribution in [0.4, 0.5) is 0 Å². The van der Waals surface area contributed by atoms with Crippen LogP contribution in [0.15, 0.2) is 11.6 Å². The van der Waals surface area contributed by atoms with Crippen molar-refractivity contribution in [2.24, 2.45) is 50.2 Å². The molecule has 5 aliphatic carbocycles. The molecule has 3 N–H and O–H groups in total. The SMILES string of the molecule is CC1(C)CC[C@]2(C)CC[C@]3(C(=O)O)C(=CCC4[C@@]5(C)CC[C@@H](O)[C@](C)(CO)C5CC[C@]43C)C2C1. The van der Waals surface area contributed by atoms with Crippen LogP contribution in [0, 0.1) is 50.2 Å². The van der Waals surface area contributed by atoms with Crippen LogP contribution in [0.3, 0.4) is 0 Å². The predicted octanol–water partition coefficient (Wildman–Crippen LogP) is 6.21. The molecule has 0 saturated heterocycles. The fraction of sp³-hybridized carbons (Fsp3) is 0.900. The summed E-state index contributed by atoms with van der Waals surface area (Å²) in [6, 6.07) is 0. The quantitative estimate of drug-likeness (QED) is 0.418. The van der Waals surface area contributed by atoms with Crippen molar-refractivity contribution in [1.82, 2.24) is 0 Å². The summed E-state index contributed by atoms with van der Waals surface area (Å²) in [6.45, 7) is 13.9. The first-order valence-corrected chi connectivity index (χ1v) is 13.9. The van der Waals surface area contributed by atoms with Crippen LogP contribution < -0.4 is 0 Å². The first-order valence-electron chi connectivity index (χ1n) is 13.9. The van der Waals surface area contributed by atoms with Gasteiger partial charge in [0.2, 0.25) is 0 Å². The van der Waals surface area contributed by atoms with Gasteiger partial charge in [0.25, 0.3) is 0 Å². The molecule has 0 amide bonds. The lowest BCUT2D eigenvalue weighted by atomic mass is 9.33. The van der Waals surface area contributed by atoms with E-state index >= 15 is 0 Å². The standard InChI is InChI=1S/C30H48O4/c1-25(2)13-14-26(3)15-16-30(24(33)34)19(20(26)17-25)7-8-22-27(4)11-10-23(32)28(5,18-31)21(27)9-12-29(22,30)6/h7,20-23,31-32H,8-18H2,1-6H3,(H,33,34)/t20?,21?,22?,23-,26-,27+,28-,29-,30-/m1/s1. The number of carbonyl (C=O) groups is 1. The molecule has 4 heteroatoms. The number of aliphatic hydroxyl groups excluding tert-OH is 2. The van der Waals surface area contributed by atoms with Crippen LogP contribution in [-0.2, 0) is 4.79 Å². The van der Waals surface area contributed by atoms with Crippen molar-refractivity contribution in [1.29, 1.82) is 0 Å². The minimum atomic E-state index is -0.785. The van der Waals surface area contributed by atoms with Gasteiger partial charge in [-0.3, -0.25) is 4.79 Å². The average molecular weight is 473 g/mol. The lowest BCUT2D eigenvalue weighted by molar-refractivity contribution is -0.222. The molecule has 0 heterocycles. The van der Waals surface area contributed by atoms with Crippen LogP contribution >= 0.6 is 0 Å². The van der Waals surface area contributed by atoms with E-state index in [0.717, 1.165) is 44.9 Å². The molecule has 0 aromatic heterocycles. The van der Waals surface area contributed by atoms with Gasteiger partial charge >= 0.3 is 5.97 Å². The Morgan fingerprint density at radius 2 is 1.62 bits per heavy atom. The third-order valence-electron chi connectivity index (χ3n) is 13.0. The van der Waals surface area contributed by atoms with Crippen LogP contribution in [0.25, 0.3) is 0 Å². The fourth-order valence-electron chi connectivity index (χ4n) is 10.7. The Morgan fingerprint density at radius 3 is 2.26 bits per heavy atom. The number of fused-ring (bicyclic) bond motifs is 7. The van der Waals surface area contributed by atoms with Gasteiger partial charge in [-0.25, -0.2) is 0 Å². The molecule has 192 valence electrons. The number of aliphatic hydroxyl groups is 2. The number of aliphatic carboxylic acids is 1. The highest BCUT2D eigenvalue weighted by Crippen LogP contribution is 2.75. The topological polar surface area (TPSA) is 77.8 Å². The second-order valence-corrected chi connectivity index (χ2v) is 15.0. The maximum atomic E-state index is 13.5. The minimum Gasteiger partial charge on any atom is -0.481 e. The van der Waals surface area contributed by atoms with Crippen LogP contribution in [0.5, 0.6) is 0 Å². The summed E-state index contributed by atoms with van der Waals surface area (Å²) in [4.78, 5) is 13.5. The summed E-state index contributed by atoms with van der Waals surface area (Å²) in [5, 5.41) is 32.4. The van der Waals surface area contributed by atoms with Crippen molar-refractivity contribution in [2.45, 2.75) is 112 Å². The van der Waals surface area contributed by atoms with Crippen molar-refractivity contribution in [3.63, 3.8) is 0 Å². The van der Waals surface area contributed by atoms with Crippen molar-refractivity contribution in [3.05, 3.63) is 11.6 Å². The van der Waals surface area contributed by atoms with Crippen LogP contribution in [0.1, 0.15) is 106 Å². The van der Waals surface area contributed by atoms with E-state index in [-0.39, 0.29) is 40.1 Å². The van der Waals surface area contributed by atoms with E-state index in [0.29, 0.717) is 12.3 Å². The van der Waals surface area contributed by atoms with Crippen molar-refractivity contribution < 1.29 is 20.1 Å². The molecule has 9 atom stereocenters. The number of allylic oxidation sites excluding steroid dienone is 1. The molecule has 0 aromatic carbocycles. The number of carboxylic acid groups (broad SMARTS) is 1. The highest BCUT2D eigenvalue weighted by molar-refractivity contribution is 5.81. The van der Waals surface area contributed by atoms with E-state index in [2.05, 4.69) is 47.6 Å². The maximum Gasteiger partial charge on any atom is 0.314 e. The molecule has 4 saturated carbocycles. The monoisotopic (exact) mass is 472 g/mol. The zero-order chi connectivity index (χ0) is 24.9. The van der Waals surface area contributed by atoms with Gasteiger partial charge in [0.15, 0.2) is 0 Å². The van der Waals surface area contributed by atoms with Crippen molar-refractivity contribution >= 4 is 5.97 Å². The summed E-state index contributed by atoms with van der Waals surface area (Å²) >= 11 is 0. The first kappa shape index (κ1) is 24.8. The largest absolute Gasteiger partial charge is 0.481 e. The number of rotatable bonds is 2. The number of hydrogen-bond donors (Lipinski definition) is 3. The number of carboxylic acids is 1. The van der Waals surface area contributed by atoms with E-state index in [4.69, 9.17) is 0 Å². The van der Waals surface area contributed by atoms with Gasteiger partial charge in [-0.15, -0.1) is 0 Å². The lowest BCUT2D eigenvalue weighted by Gasteiger charge is -2.70. The van der Waals surface area contributed by atoms with Gasteiger partial charge in [-0.05, 0) is 104 Å². The highest BCUT2D eigenvalue weighted by Gasteiger charge is 2.72. The molecular weight excluding hydrogens is 424 g/mol. The van der Waals surface area contributed by atoms with E-state index in [1.54, 1.807) is 0 Å². The maximum absolute atomic E-state index is 13.5. The molecule has 0 radical (unpaired) electrons. The molecule has 0 aliphatic heterocycles. The average Bonchev–Trinajstić information content (AvgIpc) is 2.76. The smallest absolute Gasteiger partial charge is 0.314 e. The molecule has 0 spiro atoms. The Labute approximate surface area is 206 Å². The molecule has 3 unspecified atom stereocenters. The summed E-state index contributed by atoms with van der Waals surface area (Å²) in [7, 11) is 0. The molecule has 4 nitrogen and oxygen atoms in total. The summed E-state index contributed by atoms with van der Waals surface area (Å²) in [6.07, 6.45) is 11.5. The molecule has 5 aliphatic rings. The molecular formula is C30H48O4. The van der Waals surface area contributed by atoms with Gasteiger partial charge in [0.1, 0.15) is 0 Å². The molecule has 34 heavy (non-hydrogen) atoms. The van der Waals surface area contributed by atoms with Crippen molar-refractivity contribution in [3.8, 4) is 0 Å². The third-order valence-corrected chi connectivity index (χ3v) is 13.0. The molecule has 0 bridgehead atoms. The van der Waals surface area contributed by atoms with E-state index in [1.165, 1.54) is 18.4 Å². The Kier molecular flexibility index (Phi) is 5.36. The third kappa shape index (κ3) is 2.88. The van der Waals surface area contributed by atoms with Gasteiger partial charge in [-0.2, -0.15) is 0 Å². The Morgan fingerprint density at radius 1 is 0.941 bits per heavy atom. The van der Waals surface area contributed by atoms with E-state index in [9.17, 15) is 20.1 Å². The Hall–Kier alpha value is -0.870. The van der Waals surface area contributed by atoms with E-state index in [1.807, 2.05) is 0 Å². The van der Waals surface area contributed by atoms with Crippen molar-refractivity contribution in [2.75, 3.05) is 6.61 Å². The first-order chi connectivity index (χ1) is 15.7.